The van der Waals surface area contributed by atoms with Gasteiger partial charge in [0, 0.05) is 19.5 Å². The maximum absolute atomic E-state index is 12.4. The van der Waals surface area contributed by atoms with Crippen molar-refractivity contribution in [2.75, 3.05) is 19.7 Å². The summed E-state index contributed by atoms with van der Waals surface area (Å²) >= 11 is 0. The van der Waals surface area contributed by atoms with E-state index >= 15 is 0 Å². The number of likely N-dealkylation sites (tertiary alicyclic amines) is 1. The van der Waals surface area contributed by atoms with Crippen LogP contribution < -0.4 is 5.32 Å². The van der Waals surface area contributed by atoms with Crippen molar-refractivity contribution in [1.29, 1.82) is 0 Å². The summed E-state index contributed by atoms with van der Waals surface area (Å²) in [6.07, 6.45) is 1.95. The Morgan fingerprint density at radius 3 is 2.71 bits per heavy atom. The van der Waals surface area contributed by atoms with Gasteiger partial charge in [-0.15, -0.1) is 0 Å². The van der Waals surface area contributed by atoms with Gasteiger partial charge in [-0.2, -0.15) is 0 Å². The number of aliphatic hydroxyl groups is 1. The zero-order valence-corrected chi connectivity index (χ0v) is 14.6. The Hall–Kier alpha value is -1.88. The summed E-state index contributed by atoms with van der Waals surface area (Å²) in [6.45, 7) is 5.08. The lowest BCUT2D eigenvalue weighted by Crippen LogP contribution is -2.45. The Balaban J connectivity index is 1.85. The molecule has 0 spiro atoms. The summed E-state index contributed by atoms with van der Waals surface area (Å²) in [7, 11) is 0. The number of rotatable bonds is 8. The molecule has 0 unspecified atom stereocenters. The first-order chi connectivity index (χ1) is 11.5. The van der Waals surface area contributed by atoms with Crippen molar-refractivity contribution in [3.8, 4) is 0 Å². The highest BCUT2D eigenvalue weighted by Gasteiger charge is 2.35. The molecule has 3 atom stereocenters. The molecule has 24 heavy (non-hydrogen) atoms. The van der Waals surface area contributed by atoms with E-state index in [2.05, 4.69) is 5.32 Å². The summed E-state index contributed by atoms with van der Waals surface area (Å²) in [4.78, 5) is 26.3. The van der Waals surface area contributed by atoms with Crippen molar-refractivity contribution in [3.63, 3.8) is 0 Å². The van der Waals surface area contributed by atoms with E-state index in [4.69, 9.17) is 0 Å². The molecule has 2 N–H and O–H groups in total. The lowest BCUT2D eigenvalue weighted by molar-refractivity contribution is -0.129. The largest absolute Gasteiger partial charge is 0.394 e. The minimum Gasteiger partial charge on any atom is -0.394 e. The first-order valence-electron chi connectivity index (χ1n) is 8.78. The quantitative estimate of drug-likeness (QED) is 0.760. The second-order valence-corrected chi connectivity index (χ2v) is 6.66. The lowest BCUT2D eigenvalue weighted by atomic mass is 9.98. The monoisotopic (exact) mass is 332 g/mol. The fraction of sp³-hybridized carbons (Fsp3) is 0.579. The Labute approximate surface area is 144 Å². The molecular weight excluding hydrogens is 304 g/mol. The maximum atomic E-state index is 12.4. The summed E-state index contributed by atoms with van der Waals surface area (Å²) in [5.74, 6) is -0.184. The number of nitrogens with one attached hydrogen (secondary N) is 1. The third-order valence-electron chi connectivity index (χ3n) is 4.95. The zero-order chi connectivity index (χ0) is 17.5. The van der Waals surface area contributed by atoms with E-state index in [0.717, 1.165) is 12.8 Å². The van der Waals surface area contributed by atoms with Crippen LogP contribution in [0.2, 0.25) is 0 Å². The molecule has 0 aliphatic carbocycles. The molecule has 0 radical (unpaired) electrons. The van der Waals surface area contributed by atoms with E-state index in [9.17, 15) is 14.7 Å². The smallest absolute Gasteiger partial charge is 0.225 e. The van der Waals surface area contributed by atoms with E-state index in [-0.39, 0.29) is 42.7 Å². The molecule has 0 bridgehead atoms. The highest BCUT2D eigenvalue weighted by Crippen LogP contribution is 2.19. The molecule has 5 heteroatoms. The van der Waals surface area contributed by atoms with Crippen LogP contribution in [0.5, 0.6) is 0 Å². The molecular formula is C19H28N2O3. The topological polar surface area (TPSA) is 69.6 Å². The van der Waals surface area contributed by atoms with Crippen LogP contribution in [-0.4, -0.2) is 47.6 Å². The number of carbonyl (C=O) groups excluding carboxylic acids is 2. The molecule has 1 aromatic carbocycles. The van der Waals surface area contributed by atoms with Gasteiger partial charge in [0.2, 0.25) is 11.8 Å². The third kappa shape index (κ3) is 4.81. The number of aliphatic hydroxyl groups excluding tert-OH is 1. The predicted molar refractivity (Wildman–Crippen MR) is 93.3 cm³/mol. The van der Waals surface area contributed by atoms with E-state index in [1.807, 2.05) is 44.2 Å². The van der Waals surface area contributed by atoms with Crippen LogP contribution in [0.15, 0.2) is 30.3 Å². The van der Waals surface area contributed by atoms with Gasteiger partial charge >= 0.3 is 0 Å². The van der Waals surface area contributed by atoms with Crippen molar-refractivity contribution in [2.45, 2.75) is 39.2 Å². The molecule has 1 heterocycles. The van der Waals surface area contributed by atoms with E-state index in [0.29, 0.717) is 13.1 Å². The summed E-state index contributed by atoms with van der Waals surface area (Å²) < 4.78 is 0. The van der Waals surface area contributed by atoms with Crippen LogP contribution in [0.4, 0.5) is 0 Å². The SMILES string of the molecule is CC[C@@H](C)[C@@H](CO)NC(=O)[C@H]1CC(=O)N(CCc2ccccc2)C1. The molecule has 2 amide bonds. The highest BCUT2D eigenvalue weighted by atomic mass is 16.3. The molecule has 1 fully saturated rings. The second kappa shape index (κ2) is 8.83. The van der Waals surface area contributed by atoms with Crippen LogP contribution in [0.25, 0.3) is 0 Å². The zero-order valence-electron chi connectivity index (χ0n) is 14.6. The van der Waals surface area contributed by atoms with Gasteiger partial charge in [0.25, 0.3) is 0 Å². The van der Waals surface area contributed by atoms with Gasteiger partial charge < -0.3 is 15.3 Å². The number of carbonyl (C=O) groups is 2. The fourth-order valence-corrected chi connectivity index (χ4v) is 3.03. The summed E-state index contributed by atoms with van der Waals surface area (Å²) in [5, 5.41) is 12.3. The van der Waals surface area contributed by atoms with Gasteiger partial charge in [-0.1, -0.05) is 50.6 Å². The van der Waals surface area contributed by atoms with Crippen molar-refractivity contribution >= 4 is 11.8 Å². The Morgan fingerprint density at radius 1 is 1.38 bits per heavy atom. The summed E-state index contributed by atoms with van der Waals surface area (Å²) in [5.41, 5.74) is 1.19. The molecule has 1 aliphatic heterocycles. The molecule has 1 aliphatic rings. The van der Waals surface area contributed by atoms with Gasteiger partial charge in [-0.3, -0.25) is 9.59 Å². The van der Waals surface area contributed by atoms with Crippen LogP contribution in [-0.2, 0) is 16.0 Å². The third-order valence-corrected chi connectivity index (χ3v) is 4.95. The van der Waals surface area contributed by atoms with Crippen molar-refractivity contribution in [3.05, 3.63) is 35.9 Å². The normalized spacial score (nSPS) is 20.0. The van der Waals surface area contributed by atoms with Gasteiger partial charge in [0.1, 0.15) is 0 Å². The van der Waals surface area contributed by atoms with E-state index in [1.165, 1.54) is 5.56 Å². The second-order valence-electron chi connectivity index (χ2n) is 6.66. The van der Waals surface area contributed by atoms with Crippen LogP contribution in [0, 0.1) is 11.8 Å². The minimum atomic E-state index is -0.314. The molecule has 0 saturated carbocycles. The number of hydrogen-bond donors (Lipinski definition) is 2. The molecule has 1 saturated heterocycles. The molecule has 0 aromatic heterocycles. The Morgan fingerprint density at radius 2 is 2.08 bits per heavy atom. The molecule has 5 nitrogen and oxygen atoms in total. The Bertz CT molecular complexity index is 547. The average molecular weight is 332 g/mol. The van der Waals surface area contributed by atoms with Crippen molar-refractivity contribution in [1.82, 2.24) is 10.2 Å². The first-order valence-corrected chi connectivity index (χ1v) is 8.78. The lowest BCUT2D eigenvalue weighted by Gasteiger charge is -2.24. The number of benzene rings is 1. The van der Waals surface area contributed by atoms with Crippen molar-refractivity contribution < 1.29 is 14.7 Å². The predicted octanol–water partition coefficient (Wildman–Crippen LogP) is 1.60. The standard InChI is InChI=1S/C19H28N2O3/c1-3-14(2)17(13-22)20-19(24)16-11-18(23)21(12-16)10-9-15-7-5-4-6-8-15/h4-8,14,16-17,22H,3,9-13H2,1-2H3,(H,20,24)/t14-,16+,17-/m1/s1. The number of nitrogens with zero attached hydrogens (tertiary/aromatic N) is 1. The molecule has 1 aromatic rings. The summed E-state index contributed by atoms with van der Waals surface area (Å²) in [6, 6.07) is 9.80. The first kappa shape index (κ1) is 18.5. The van der Waals surface area contributed by atoms with Gasteiger partial charge in [-0.25, -0.2) is 0 Å². The minimum absolute atomic E-state index is 0.0372. The average Bonchev–Trinajstić information content (AvgIpc) is 2.99. The van der Waals surface area contributed by atoms with Gasteiger partial charge in [-0.05, 0) is 17.9 Å². The van der Waals surface area contributed by atoms with Gasteiger partial charge in [0.15, 0.2) is 0 Å². The highest BCUT2D eigenvalue weighted by molar-refractivity contribution is 5.89. The van der Waals surface area contributed by atoms with E-state index < -0.39 is 0 Å². The number of amides is 2. The van der Waals surface area contributed by atoms with Crippen molar-refractivity contribution in [2.24, 2.45) is 11.8 Å². The van der Waals surface area contributed by atoms with E-state index in [1.54, 1.807) is 4.90 Å². The Kier molecular flexibility index (Phi) is 6.79. The van der Waals surface area contributed by atoms with Crippen LogP contribution in [0.1, 0.15) is 32.3 Å². The fourth-order valence-electron chi connectivity index (χ4n) is 3.03. The van der Waals surface area contributed by atoms with Crippen LogP contribution >= 0.6 is 0 Å². The van der Waals surface area contributed by atoms with Crippen LogP contribution in [0.3, 0.4) is 0 Å². The number of hydrogen-bond acceptors (Lipinski definition) is 3. The molecule has 2 rings (SSSR count). The maximum Gasteiger partial charge on any atom is 0.225 e. The van der Waals surface area contributed by atoms with Gasteiger partial charge in [0.05, 0.1) is 18.6 Å². The molecule has 132 valence electrons.